The van der Waals surface area contributed by atoms with Crippen molar-refractivity contribution in [1.29, 1.82) is 0 Å². The van der Waals surface area contributed by atoms with Gasteiger partial charge in [0.25, 0.3) is 5.56 Å². The van der Waals surface area contributed by atoms with Gasteiger partial charge in [-0.2, -0.15) is 4.72 Å². The summed E-state index contributed by atoms with van der Waals surface area (Å²) in [6, 6.07) is 0.241. The van der Waals surface area contributed by atoms with Crippen LogP contribution >= 0.6 is 11.6 Å². The van der Waals surface area contributed by atoms with Crippen LogP contribution in [0.4, 0.5) is 0 Å². The topological polar surface area (TPSA) is 108 Å². The third-order valence-electron chi connectivity index (χ3n) is 2.97. The monoisotopic (exact) mass is 319 g/mol. The molecule has 1 saturated heterocycles. The highest BCUT2D eigenvalue weighted by molar-refractivity contribution is 7.89. The number of halogens is 1. The van der Waals surface area contributed by atoms with Crippen molar-refractivity contribution in [3.8, 4) is 0 Å². The Balaban J connectivity index is 2.23. The van der Waals surface area contributed by atoms with Crippen LogP contribution in [0.1, 0.15) is 19.3 Å². The van der Waals surface area contributed by atoms with Crippen molar-refractivity contribution in [2.24, 2.45) is 0 Å². The summed E-state index contributed by atoms with van der Waals surface area (Å²) in [5, 5.41) is 2.42. The van der Waals surface area contributed by atoms with E-state index in [0.717, 1.165) is 25.1 Å². The predicted molar refractivity (Wildman–Crippen MR) is 73.0 cm³/mol. The lowest BCUT2D eigenvalue weighted by molar-refractivity contribution is -0.122. The lowest BCUT2D eigenvalue weighted by Gasteiger charge is -2.15. The van der Waals surface area contributed by atoms with Crippen LogP contribution in [-0.4, -0.2) is 31.9 Å². The van der Waals surface area contributed by atoms with Crippen LogP contribution in [-0.2, 0) is 14.8 Å². The molecule has 1 aliphatic heterocycles. The summed E-state index contributed by atoms with van der Waals surface area (Å²) in [7, 11) is -3.91. The molecule has 20 heavy (non-hydrogen) atoms. The van der Waals surface area contributed by atoms with Crippen LogP contribution in [0.3, 0.4) is 0 Å². The number of rotatable bonds is 3. The molecule has 0 aliphatic carbocycles. The fraction of sp³-hybridized carbons (Fsp3) is 0.455. The smallest absolute Gasteiger partial charge is 0.266 e. The number of aromatic amines is 1. The van der Waals surface area contributed by atoms with Gasteiger partial charge in [0, 0.05) is 12.7 Å². The van der Waals surface area contributed by atoms with Gasteiger partial charge in [-0.25, -0.2) is 8.42 Å². The van der Waals surface area contributed by atoms with E-state index < -0.39 is 21.6 Å². The minimum atomic E-state index is -3.91. The van der Waals surface area contributed by atoms with Gasteiger partial charge < -0.3 is 10.3 Å². The Morgan fingerprint density at radius 2 is 2.05 bits per heavy atom. The van der Waals surface area contributed by atoms with Crippen LogP contribution in [0, 0.1) is 0 Å². The maximum atomic E-state index is 12.1. The Bertz CT molecular complexity index is 670. The lowest BCUT2D eigenvalue weighted by atomic mass is 10.1. The van der Waals surface area contributed by atoms with Gasteiger partial charge in [0.15, 0.2) is 0 Å². The number of hydrogen-bond donors (Lipinski definition) is 3. The molecule has 0 bridgehead atoms. The first-order chi connectivity index (χ1) is 9.40. The van der Waals surface area contributed by atoms with E-state index in [9.17, 15) is 18.0 Å². The number of aromatic nitrogens is 1. The fourth-order valence-electron chi connectivity index (χ4n) is 1.90. The summed E-state index contributed by atoms with van der Waals surface area (Å²) in [5.74, 6) is -0.346. The highest BCUT2D eigenvalue weighted by Gasteiger charge is 2.27. The van der Waals surface area contributed by atoms with E-state index in [1.807, 2.05) is 0 Å². The summed E-state index contributed by atoms with van der Waals surface area (Å²) in [4.78, 5) is 24.9. The molecule has 1 aromatic heterocycles. The first kappa shape index (κ1) is 15.0. The summed E-state index contributed by atoms with van der Waals surface area (Å²) in [5.41, 5.74) is -0.571. The number of nitrogens with one attached hydrogen (secondary N) is 3. The molecular formula is C11H14ClN3O4S. The first-order valence-corrected chi connectivity index (χ1v) is 7.94. The van der Waals surface area contributed by atoms with E-state index in [-0.39, 0.29) is 15.8 Å². The second kappa shape index (κ2) is 5.94. The molecule has 0 aromatic carbocycles. The molecule has 9 heteroatoms. The Morgan fingerprint density at radius 3 is 2.75 bits per heavy atom. The van der Waals surface area contributed by atoms with E-state index in [2.05, 4.69) is 15.0 Å². The molecule has 2 rings (SSSR count). The highest BCUT2D eigenvalue weighted by Crippen LogP contribution is 2.13. The summed E-state index contributed by atoms with van der Waals surface area (Å²) < 4.78 is 26.6. The molecule has 1 aromatic rings. The molecule has 7 nitrogen and oxygen atoms in total. The first-order valence-electron chi connectivity index (χ1n) is 6.08. The SMILES string of the molecule is O=C1NCCCCC1NS(=O)(=O)c1c[nH]c(=O)c(Cl)c1. The Morgan fingerprint density at radius 1 is 1.30 bits per heavy atom. The van der Waals surface area contributed by atoms with Crippen molar-refractivity contribution in [2.75, 3.05) is 6.54 Å². The molecule has 0 spiro atoms. The molecule has 1 unspecified atom stereocenters. The van der Waals surface area contributed by atoms with Crippen molar-refractivity contribution < 1.29 is 13.2 Å². The lowest BCUT2D eigenvalue weighted by Crippen LogP contribution is -2.45. The van der Waals surface area contributed by atoms with Crippen molar-refractivity contribution in [2.45, 2.75) is 30.2 Å². The van der Waals surface area contributed by atoms with Gasteiger partial charge in [-0.3, -0.25) is 9.59 Å². The van der Waals surface area contributed by atoms with Crippen LogP contribution in [0.15, 0.2) is 22.0 Å². The zero-order chi connectivity index (χ0) is 14.8. The number of hydrogen-bond acceptors (Lipinski definition) is 4. The summed E-state index contributed by atoms with van der Waals surface area (Å²) >= 11 is 5.60. The van der Waals surface area contributed by atoms with Gasteiger partial charge in [0.05, 0.1) is 4.90 Å². The van der Waals surface area contributed by atoms with Crippen molar-refractivity contribution in [1.82, 2.24) is 15.0 Å². The average molecular weight is 320 g/mol. The van der Waals surface area contributed by atoms with Crippen molar-refractivity contribution >= 4 is 27.5 Å². The second-order valence-corrected chi connectivity index (χ2v) is 6.59. The van der Waals surface area contributed by atoms with Crippen LogP contribution < -0.4 is 15.6 Å². The van der Waals surface area contributed by atoms with Crippen LogP contribution in [0.5, 0.6) is 0 Å². The van der Waals surface area contributed by atoms with E-state index in [4.69, 9.17) is 11.6 Å². The van der Waals surface area contributed by atoms with Gasteiger partial charge in [-0.05, 0) is 25.3 Å². The van der Waals surface area contributed by atoms with Crippen LogP contribution in [0.25, 0.3) is 0 Å². The largest absolute Gasteiger partial charge is 0.355 e. The van der Waals surface area contributed by atoms with Gasteiger partial charge in [0.2, 0.25) is 15.9 Å². The third-order valence-corrected chi connectivity index (χ3v) is 4.71. The number of carbonyl (C=O) groups is 1. The maximum absolute atomic E-state index is 12.1. The molecule has 0 radical (unpaired) electrons. The molecule has 1 amide bonds. The van der Waals surface area contributed by atoms with E-state index in [1.165, 1.54) is 0 Å². The number of amides is 1. The molecule has 0 saturated carbocycles. The molecule has 1 fully saturated rings. The van der Waals surface area contributed by atoms with Crippen molar-refractivity contribution in [3.63, 3.8) is 0 Å². The molecule has 3 N–H and O–H groups in total. The van der Waals surface area contributed by atoms with Gasteiger partial charge in [-0.15, -0.1) is 0 Å². The van der Waals surface area contributed by atoms with Gasteiger partial charge >= 0.3 is 0 Å². The third kappa shape index (κ3) is 3.38. The second-order valence-electron chi connectivity index (χ2n) is 4.47. The van der Waals surface area contributed by atoms with E-state index in [1.54, 1.807) is 0 Å². The summed E-state index contributed by atoms with van der Waals surface area (Å²) in [6.45, 7) is 0.543. The molecular weight excluding hydrogens is 306 g/mol. The average Bonchev–Trinajstić information content (AvgIpc) is 2.58. The maximum Gasteiger partial charge on any atom is 0.266 e. The zero-order valence-corrected chi connectivity index (χ0v) is 12.1. The van der Waals surface area contributed by atoms with Gasteiger partial charge in [0.1, 0.15) is 11.1 Å². The minimum absolute atomic E-state index is 0.181. The fourth-order valence-corrected chi connectivity index (χ4v) is 3.36. The normalized spacial score (nSPS) is 20.2. The molecule has 1 atom stereocenters. The predicted octanol–water partition coefficient (Wildman–Crippen LogP) is -0.0247. The molecule has 1 aliphatic rings. The van der Waals surface area contributed by atoms with Crippen molar-refractivity contribution in [3.05, 3.63) is 27.6 Å². The summed E-state index contributed by atoms with van der Waals surface area (Å²) in [6.07, 6.45) is 3.04. The quantitative estimate of drug-likeness (QED) is 0.727. The zero-order valence-electron chi connectivity index (χ0n) is 10.5. The van der Waals surface area contributed by atoms with Gasteiger partial charge in [-0.1, -0.05) is 11.6 Å². The van der Waals surface area contributed by atoms with E-state index >= 15 is 0 Å². The molecule has 110 valence electrons. The highest BCUT2D eigenvalue weighted by atomic mass is 35.5. The Hall–Kier alpha value is -1.38. The minimum Gasteiger partial charge on any atom is -0.355 e. The molecule has 2 heterocycles. The Labute approximate surface area is 120 Å². The number of sulfonamides is 1. The Kier molecular flexibility index (Phi) is 4.46. The van der Waals surface area contributed by atoms with Crippen LogP contribution in [0.2, 0.25) is 5.02 Å². The number of H-pyrrole nitrogens is 1. The van der Waals surface area contributed by atoms with E-state index in [0.29, 0.717) is 13.0 Å². The number of pyridine rings is 1. The standard InChI is InChI=1S/C11H14ClN3O4S/c12-8-5-7(6-14-10(8)16)20(18,19)15-9-3-1-2-4-13-11(9)17/h5-6,9,15H,1-4H2,(H,13,17)(H,14,16). The number of carbonyl (C=O) groups excluding carboxylic acids is 1.